The smallest absolute Gasteiger partial charge is 0.231 e. The Morgan fingerprint density at radius 2 is 1.64 bits per heavy atom. The normalized spacial score (nSPS) is 11.3. The second-order valence-electron chi connectivity index (χ2n) is 9.18. The van der Waals surface area contributed by atoms with Gasteiger partial charge in [-0.15, -0.1) is 0 Å². The van der Waals surface area contributed by atoms with E-state index in [-0.39, 0.29) is 17.4 Å². The Balaban J connectivity index is 0.000000353. The van der Waals surface area contributed by atoms with Gasteiger partial charge in [0.15, 0.2) is 0 Å². The summed E-state index contributed by atoms with van der Waals surface area (Å²) in [5.74, 6) is -1.78. The zero-order valence-electron chi connectivity index (χ0n) is 22.0. The van der Waals surface area contributed by atoms with Gasteiger partial charge in [-0.1, -0.05) is 54.6 Å². The number of fused-ring (bicyclic) bond motifs is 1. The minimum atomic E-state index is -0.734. The molecule has 0 saturated carbocycles. The molecule has 7 heteroatoms. The van der Waals surface area contributed by atoms with Crippen LogP contribution in [-0.2, 0) is 22.6 Å². The molecule has 0 aliphatic heterocycles. The van der Waals surface area contributed by atoms with E-state index in [4.69, 9.17) is 0 Å². The van der Waals surface area contributed by atoms with Gasteiger partial charge < -0.3 is 15.4 Å². The molecule has 0 spiro atoms. The summed E-state index contributed by atoms with van der Waals surface area (Å²) in [5, 5.41) is 8.53. The summed E-state index contributed by atoms with van der Waals surface area (Å²) in [6.45, 7) is 2.68. The highest BCUT2D eigenvalue weighted by atomic mass is 19.1. The van der Waals surface area contributed by atoms with E-state index in [1.54, 1.807) is 0 Å². The minimum absolute atomic E-state index is 0.0116. The van der Waals surface area contributed by atoms with Crippen LogP contribution in [0.15, 0.2) is 78.9 Å². The molecule has 0 heterocycles. The molecule has 1 atom stereocenters. The second kappa shape index (κ2) is 14.6. The molecular formula is C32H32F2N2O3. The largest absolute Gasteiger partial charge is 0.325 e. The Morgan fingerprint density at radius 3 is 2.33 bits per heavy atom. The molecule has 202 valence electrons. The standard InChI is InChI=1S/C25H28N2O2.C7H4F2O/c1-18(22-12-7-10-20-8-3-4-11-23(20)22)25(29)27-24-16-19(17-26-2)13-14-21(24)9-5-6-15-28;8-6-1-5(4-10)2-7(9)3-6/h3-4,7-8,10-16,18,26H,5-6,9,17H2,1-2H3,(H,27,29);1-4H. The van der Waals surface area contributed by atoms with Crippen LogP contribution in [0.1, 0.15) is 52.7 Å². The van der Waals surface area contributed by atoms with E-state index in [1.165, 1.54) is 0 Å². The summed E-state index contributed by atoms with van der Waals surface area (Å²) in [6, 6.07) is 23.0. The number of hydrogen-bond donors (Lipinski definition) is 2. The lowest BCUT2D eigenvalue weighted by Gasteiger charge is -2.18. The van der Waals surface area contributed by atoms with Gasteiger partial charge in [-0.05, 0) is 72.5 Å². The van der Waals surface area contributed by atoms with Gasteiger partial charge in [-0.3, -0.25) is 9.59 Å². The van der Waals surface area contributed by atoms with Gasteiger partial charge in [0, 0.05) is 30.3 Å². The number of unbranched alkanes of at least 4 members (excludes halogenated alkanes) is 1. The third-order valence-electron chi connectivity index (χ3n) is 6.29. The summed E-state index contributed by atoms with van der Waals surface area (Å²) >= 11 is 0. The van der Waals surface area contributed by atoms with Crippen LogP contribution >= 0.6 is 0 Å². The van der Waals surface area contributed by atoms with Gasteiger partial charge in [0.1, 0.15) is 24.2 Å². The Labute approximate surface area is 227 Å². The van der Waals surface area contributed by atoms with Crippen molar-refractivity contribution >= 4 is 34.9 Å². The fourth-order valence-electron chi connectivity index (χ4n) is 4.30. The van der Waals surface area contributed by atoms with E-state index in [0.29, 0.717) is 18.8 Å². The van der Waals surface area contributed by atoms with E-state index in [2.05, 4.69) is 41.0 Å². The zero-order valence-corrected chi connectivity index (χ0v) is 22.0. The van der Waals surface area contributed by atoms with E-state index >= 15 is 0 Å². The Bertz CT molecular complexity index is 1410. The fraction of sp³-hybridized carbons (Fsp3) is 0.219. The number of halogens is 2. The molecule has 4 aromatic carbocycles. The van der Waals surface area contributed by atoms with Gasteiger partial charge in [0.25, 0.3) is 0 Å². The maximum atomic E-state index is 13.1. The number of aryl methyl sites for hydroxylation is 1. The third-order valence-corrected chi connectivity index (χ3v) is 6.29. The number of rotatable bonds is 10. The first-order valence-corrected chi connectivity index (χ1v) is 12.8. The predicted molar refractivity (Wildman–Crippen MR) is 151 cm³/mol. The molecular weight excluding hydrogens is 498 g/mol. The molecule has 1 unspecified atom stereocenters. The van der Waals surface area contributed by atoms with Crippen LogP contribution in [0.2, 0.25) is 0 Å². The van der Waals surface area contributed by atoms with E-state index in [1.807, 2.05) is 44.3 Å². The number of anilines is 1. The van der Waals surface area contributed by atoms with Crippen molar-refractivity contribution in [3.05, 3.63) is 113 Å². The molecule has 0 saturated heterocycles. The van der Waals surface area contributed by atoms with E-state index in [0.717, 1.165) is 71.0 Å². The zero-order chi connectivity index (χ0) is 28.2. The average molecular weight is 531 g/mol. The number of carbonyl (C=O) groups is 3. The Morgan fingerprint density at radius 1 is 0.923 bits per heavy atom. The lowest BCUT2D eigenvalue weighted by atomic mass is 9.94. The summed E-state index contributed by atoms with van der Waals surface area (Å²) in [6.07, 6.45) is 3.40. The van der Waals surface area contributed by atoms with Crippen LogP contribution in [0.3, 0.4) is 0 Å². The number of nitrogens with one attached hydrogen (secondary N) is 2. The molecule has 0 aromatic heterocycles. The number of aldehydes is 2. The Hall–Kier alpha value is -4.23. The molecule has 0 aliphatic rings. The summed E-state index contributed by atoms with van der Waals surface area (Å²) in [4.78, 5) is 33.8. The molecule has 0 aliphatic carbocycles. The van der Waals surface area contributed by atoms with Gasteiger partial charge in [0.05, 0.1) is 5.92 Å². The molecule has 39 heavy (non-hydrogen) atoms. The van der Waals surface area contributed by atoms with Crippen molar-refractivity contribution in [1.29, 1.82) is 0 Å². The molecule has 0 fully saturated rings. The van der Waals surface area contributed by atoms with E-state index in [9.17, 15) is 23.2 Å². The molecule has 4 aromatic rings. The fourth-order valence-corrected chi connectivity index (χ4v) is 4.30. The van der Waals surface area contributed by atoms with Crippen LogP contribution in [0, 0.1) is 11.6 Å². The minimum Gasteiger partial charge on any atom is -0.325 e. The first-order chi connectivity index (χ1) is 18.9. The topological polar surface area (TPSA) is 75.3 Å². The van der Waals surface area contributed by atoms with Gasteiger partial charge in [0.2, 0.25) is 5.91 Å². The second-order valence-corrected chi connectivity index (χ2v) is 9.18. The molecule has 4 rings (SSSR count). The van der Waals surface area contributed by atoms with Crippen LogP contribution < -0.4 is 10.6 Å². The van der Waals surface area contributed by atoms with Crippen LogP contribution in [0.5, 0.6) is 0 Å². The molecule has 5 nitrogen and oxygen atoms in total. The Kier molecular flexibility index (Phi) is 11.0. The number of hydrogen-bond acceptors (Lipinski definition) is 4. The molecule has 2 N–H and O–H groups in total. The van der Waals surface area contributed by atoms with Crippen LogP contribution in [0.4, 0.5) is 14.5 Å². The first kappa shape index (κ1) is 29.3. The highest BCUT2D eigenvalue weighted by Gasteiger charge is 2.19. The lowest BCUT2D eigenvalue weighted by Crippen LogP contribution is -2.20. The lowest BCUT2D eigenvalue weighted by molar-refractivity contribution is -0.117. The molecule has 0 bridgehead atoms. The maximum absolute atomic E-state index is 13.1. The SMILES string of the molecule is CNCc1ccc(CCCC=O)c(NC(=O)C(C)c2cccc3ccccc23)c1.O=Cc1cc(F)cc(F)c1. The molecule has 0 radical (unpaired) electrons. The summed E-state index contributed by atoms with van der Waals surface area (Å²) < 4.78 is 24.4. The number of carbonyl (C=O) groups excluding carboxylic acids is 3. The van der Waals surface area contributed by atoms with Crippen molar-refractivity contribution in [3.8, 4) is 0 Å². The predicted octanol–water partition coefficient (Wildman–Crippen LogP) is 6.60. The van der Waals surface area contributed by atoms with Crippen molar-refractivity contribution in [2.75, 3.05) is 12.4 Å². The van der Waals surface area contributed by atoms with Gasteiger partial charge >= 0.3 is 0 Å². The summed E-state index contributed by atoms with van der Waals surface area (Å²) in [7, 11) is 1.90. The third kappa shape index (κ3) is 8.38. The highest BCUT2D eigenvalue weighted by Crippen LogP contribution is 2.28. The monoisotopic (exact) mass is 530 g/mol. The first-order valence-electron chi connectivity index (χ1n) is 12.8. The van der Waals surface area contributed by atoms with Crippen molar-refractivity contribution in [2.24, 2.45) is 0 Å². The van der Waals surface area contributed by atoms with Crippen molar-refractivity contribution < 1.29 is 23.2 Å². The molecule has 1 amide bonds. The number of benzene rings is 4. The van der Waals surface area contributed by atoms with Gasteiger partial charge in [-0.2, -0.15) is 0 Å². The summed E-state index contributed by atoms with van der Waals surface area (Å²) in [5.41, 5.74) is 4.04. The van der Waals surface area contributed by atoms with Crippen LogP contribution in [0.25, 0.3) is 10.8 Å². The van der Waals surface area contributed by atoms with Crippen molar-refractivity contribution in [2.45, 2.75) is 38.6 Å². The van der Waals surface area contributed by atoms with Crippen molar-refractivity contribution in [3.63, 3.8) is 0 Å². The quantitative estimate of drug-likeness (QED) is 0.179. The van der Waals surface area contributed by atoms with Crippen LogP contribution in [-0.4, -0.2) is 25.5 Å². The highest BCUT2D eigenvalue weighted by molar-refractivity contribution is 5.99. The average Bonchev–Trinajstić information content (AvgIpc) is 2.93. The number of amides is 1. The van der Waals surface area contributed by atoms with Gasteiger partial charge in [-0.25, -0.2) is 8.78 Å². The maximum Gasteiger partial charge on any atom is 0.231 e. The van der Waals surface area contributed by atoms with E-state index < -0.39 is 11.6 Å². The van der Waals surface area contributed by atoms with Crippen molar-refractivity contribution in [1.82, 2.24) is 5.32 Å².